The van der Waals surface area contributed by atoms with Crippen LogP contribution in [0.3, 0.4) is 0 Å². The van der Waals surface area contributed by atoms with Crippen molar-refractivity contribution in [3.63, 3.8) is 0 Å². The summed E-state index contributed by atoms with van der Waals surface area (Å²) in [7, 11) is 2.24. The monoisotopic (exact) mass is 2010 g/mol. The molecule has 8 aliphatic rings. The molecule has 0 spiro atoms. The summed E-state index contributed by atoms with van der Waals surface area (Å²) in [5.41, 5.74) is -2.24. The molecule has 8 atom stereocenters. The van der Waals surface area contributed by atoms with Crippen LogP contribution < -0.4 is 41.2 Å². The van der Waals surface area contributed by atoms with Crippen molar-refractivity contribution in [3.8, 4) is 46.0 Å². The maximum Gasteiger partial charge on any atom is 0.296 e. The third-order valence-corrected chi connectivity index (χ3v) is 28.3. The van der Waals surface area contributed by atoms with E-state index in [0.717, 1.165) is 4.31 Å². The van der Waals surface area contributed by atoms with Crippen LogP contribution >= 0.6 is 11.6 Å². The lowest BCUT2D eigenvalue weighted by Crippen LogP contribution is -2.39. The molecular formula is C99H115ClF4N12O25S. The molecule has 0 aliphatic carbocycles. The summed E-state index contributed by atoms with van der Waals surface area (Å²) in [5, 5.41) is 42.5. The zero-order valence-electron chi connectivity index (χ0n) is 79.9. The Bertz CT molecular complexity index is 6530. The summed E-state index contributed by atoms with van der Waals surface area (Å²) in [6.07, 6.45) is 11.3. The Kier molecular flexibility index (Phi) is 35.8. The molecule has 0 fully saturated rings. The minimum atomic E-state index is -3.90. The second-order valence-electron chi connectivity index (χ2n) is 35.3. The Morgan fingerprint density at radius 1 is 0.387 bits per heavy atom. The molecule has 8 bridgehead atoms. The molecule has 762 valence electrons. The number of carbonyl (C=O) groups excluding carboxylic acids is 7. The summed E-state index contributed by atoms with van der Waals surface area (Å²) in [5.74, 6) is -6.81. The van der Waals surface area contributed by atoms with Crippen LogP contribution in [-0.2, 0) is 69.0 Å². The lowest BCUT2D eigenvalue weighted by molar-refractivity contribution is -0.134. The van der Waals surface area contributed by atoms with Crippen molar-refractivity contribution in [2.24, 2.45) is 0 Å². The Labute approximate surface area is 819 Å². The third kappa shape index (κ3) is 24.0. The van der Waals surface area contributed by atoms with Crippen molar-refractivity contribution < 1.29 is 118 Å². The van der Waals surface area contributed by atoms with Gasteiger partial charge in [0.25, 0.3) is 22.2 Å². The van der Waals surface area contributed by atoms with Crippen molar-refractivity contribution in [1.29, 1.82) is 0 Å². The van der Waals surface area contributed by atoms with Crippen molar-refractivity contribution in [2.45, 2.75) is 198 Å². The normalized spacial score (nSPS) is 22.3. The molecular weight excluding hydrogens is 1900 g/mol. The van der Waals surface area contributed by atoms with Gasteiger partial charge in [-0.25, -0.2) is 45.9 Å². The van der Waals surface area contributed by atoms with Crippen LogP contribution in [0, 0.1) is 23.3 Å². The molecule has 4 N–H and O–H groups in total. The quantitative estimate of drug-likeness (QED) is 0.0939. The van der Waals surface area contributed by atoms with Gasteiger partial charge in [-0.2, -0.15) is 4.31 Å². The average molecular weight is 2020 g/mol. The number of Topliss-reactive ketones (excluding diaryl/α,β-unsaturated/α-hetero) is 4. The van der Waals surface area contributed by atoms with Gasteiger partial charge in [-0.3, -0.25) is 71.0 Å². The molecule has 4 aromatic heterocycles. The van der Waals surface area contributed by atoms with E-state index in [9.17, 15) is 99.1 Å². The highest BCUT2D eigenvalue weighted by Gasteiger charge is 2.42. The number of fused-ring (bicyclic) bond motifs is 8. The molecule has 12 heterocycles. The number of ketones is 4. The number of aromatic hydroxyl groups is 4. The SMILES string of the molecule is CC[C@H]1COCC2c3nc(c(O)c(=O)n31)C(=O)CCc1ccc(F)c(Cl)c1OCCCCC(=O)N2C.CC[C@H]1COCC2c3nc(c(O)c(=O)n31)C(=O)CCc1ccc(F)cc1OC/C=C\CS(=O)(=O)N2C.CC[C@H]1COCC2c3nc(c(O)c(=O)n31)C(=O)CCc1ccc(F)cc1OCC/C=C/C(=O)N2C.CC[C@H]1COCC2c3nc(c(O)c(=O)n31)C(=O)CCc1ccc(F)cc1OCCCCC(=O)N2C. The molecule has 8 aliphatic heterocycles. The van der Waals surface area contributed by atoms with Gasteiger partial charge >= 0.3 is 0 Å². The van der Waals surface area contributed by atoms with Crippen molar-refractivity contribution in [2.75, 3.05) is 113 Å². The molecule has 0 saturated heterocycles. The van der Waals surface area contributed by atoms with Crippen LogP contribution in [0.15, 0.2) is 110 Å². The van der Waals surface area contributed by atoms with Crippen LogP contribution in [0.5, 0.6) is 46.0 Å². The fraction of sp³-hybridized carbons (Fsp3) is 0.485. The van der Waals surface area contributed by atoms with Gasteiger partial charge < -0.3 is 73.0 Å². The van der Waals surface area contributed by atoms with Gasteiger partial charge in [-0.15, -0.1) is 0 Å². The van der Waals surface area contributed by atoms with Gasteiger partial charge in [-0.05, 0) is 136 Å². The number of hydrogen-bond donors (Lipinski definition) is 4. The van der Waals surface area contributed by atoms with Gasteiger partial charge in [0.1, 0.15) is 105 Å². The van der Waals surface area contributed by atoms with Gasteiger partial charge in [0.15, 0.2) is 45.9 Å². The molecule has 3 amide bonds. The van der Waals surface area contributed by atoms with Crippen molar-refractivity contribution in [3.05, 3.63) is 229 Å². The van der Waals surface area contributed by atoms with Gasteiger partial charge in [0, 0.05) is 84.9 Å². The smallest absolute Gasteiger partial charge is 0.296 e. The topological polar surface area (TPSA) is 461 Å². The van der Waals surface area contributed by atoms with E-state index in [1.165, 1.54) is 119 Å². The number of nitrogens with zero attached hydrogens (tertiary/aromatic N) is 12. The van der Waals surface area contributed by atoms with Crippen LogP contribution in [-0.4, -0.2) is 240 Å². The highest BCUT2D eigenvalue weighted by molar-refractivity contribution is 7.89. The van der Waals surface area contributed by atoms with E-state index in [1.807, 2.05) is 27.7 Å². The third-order valence-electron chi connectivity index (χ3n) is 26.2. The number of ether oxygens (including phenoxy) is 8. The fourth-order valence-corrected chi connectivity index (χ4v) is 19.1. The van der Waals surface area contributed by atoms with Crippen LogP contribution in [0.25, 0.3) is 0 Å². The van der Waals surface area contributed by atoms with E-state index in [1.54, 1.807) is 33.3 Å². The maximum absolute atomic E-state index is 14.1. The first kappa shape index (κ1) is 106. The van der Waals surface area contributed by atoms with Gasteiger partial charge in [0.05, 0.1) is 103 Å². The number of aromatic nitrogens is 8. The van der Waals surface area contributed by atoms with Gasteiger partial charge in [0.2, 0.25) is 50.7 Å². The fourth-order valence-electron chi connectivity index (χ4n) is 17.7. The average Bonchev–Trinajstić information content (AvgIpc) is 1.44. The van der Waals surface area contributed by atoms with E-state index >= 15 is 0 Å². The van der Waals surface area contributed by atoms with E-state index < -0.39 is 156 Å². The zero-order chi connectivity index (χ0) is 102. The first-order chi connectivity index (χ1) is 68.0. The molecule has 4 unspecified atom stereocenters. The Morgan fingerprint density at radius 3 is 1.11 bits per heavy atom. The van der Waals surface area contributed by atoms with E-state index in [0.29, 0.717) is 98.1 Å². The van der Waals surface area contributed by atoms with Crippen LogP contribution in [0.1, 0.15) is 260 Å². The largest absolute Gasteiger partial charge is 0.501 e. The molecule has 0 radical (unpaired) electrons. The van der Waals surface area contributed by atoms with E-state index in [2.05, 4.69) is 19.9 Å². The minimum absolute atomic E-state index is 0.00468. The van der Waals surface area contributed by atoms with E-state index in [-0.39, 0.29) is 217 Å². The molecule has 37 nitrogen and oxygen atoms in total. The molecule has 8 aromatic rings. The molecule has 0 saturated carbocycles. The number of aryl methyl sites for hydroxylation is 4. The number of halogens is 5. The summed E-state index contributed by atoms with van der Waals surface area (Å²) < 4.78 is 134. The standard InChI is InChI=1S/C25H29ClFN3O6.C25H30FN3O6.C25H28FN3O6.C24H28FN3O7S/c1-3-15-12-35-13-17-24-28-21(22(33)25(34)30(15)24)18(31)10-8-14-7-9-16(27)20(26)23(14)36-11-5-4-6-19(32)29(17)2;2*1-3-17-13-34-14-18-24-27-22(23(32)25(33)29(17)24)19(30)10-8-15-7-9-16(26)12-20(15)35-11-5-4-6-21(31)28(18)2;1-3-17-13-34-14-18-23-26-21(22(30)24(31)28(17)23)19(29)9-7-15-6-8-16(25)12-20(15)35-10-4-5-11-36(32,33)27(18)2/h7,9,15,17,33H,3-6,8,10-13H2,1-2H3;7,9,12,17-18,32H,3-6,8,10-11,13-14H2,1-2H3;4,6-7,9,12,17-18,32H,3,5,8,10-11,13-14H2,1-2H3;4-6,8,12,17-18,30H,3,7,9-11,13-14H2,1-2H3/b;;6-4+;5-4-/t15-,17?;3*17-,18?/m0000/s1. The Hall–Kier alpha value is -12.9. The highest BCUT2D eigenvalue weighted by Crippen LogP contribution is 2.39. The highest BCUT2D eigenvalue weighted by atomic mass is 35.5. The molecule has 142 heavy (non-hydrogen) atoms. The van der Waals surface area contributed by atoms with E-state index in [4.69, 9.17) is 49.5 Å². The maximum atomic E-state index is 14.1. The lowest BCUT2D eigenvalue weighted by atomic mass is 10.0. The van der Waals surface area contributed by atoms with Crippen LogP contribution in [0.2, 0.25) is 5.02 Å². The van der Waals surface area contributed by atoms with Crippen molar-refractivity contribution >= 4 is 62.5 Å². The number of amides is 3. The second kappa shape index (κ2) is 47.8. The van der Waals surface area contributed by atoms with Crippen LogP contribution in [0.4, 0.5) is 17.6 Å². The number of likely N-dealkylation sites (N-methyl/N-ethyl adjacent to an activating group) is 4. The number of benzene rings is 4. The number of carbonyl (C=O) groups is 7. The first-order valence-electron chi connectivity index (χ1n) is 47.2. The minimum Gasteiger partial charge on any atom is -0.501 e. The summed E-state index contributed by atoms with van der Waals surface area (Å²) in [4.78, 5) is 166. The van der Waals surface area contributed by atoms with Crippen molar-refractivity contribution in [1.82, 2.24) is 57.2 Å². The molecule has 16 rings (SSSR count). The lowest BCUT2D eigenvalue weighted by Gasteiger charge is -2.28. The predicted octanol–water partition coefficient (Wildman–Crippen LogP) is 11.4. The summed E-state index contributed by atoms with van der Waals surface area (Å²) in [6, 6.07) is 9.93. The predicted molar refractivity (Wildman–Crippen MR) is 506 cm³/mol. The summed E-state index contributed by atoms with van der Waals surface area (Å²) in [6.45, 7) is 9.16. The molecule has 4 aromatic carbocycles. The first-order valence-corrected chi connectivity index (χ1v) is 49.2. The number of rotatable bonds is 4. The Morgan fingerprint density at radius 2 is 0.725 bits per heavy atom. The van der Waals surface area contributed by atoms with Gasteiger partial charge in [-0.1, -0.05) is 81.8 Å². The zero-order valence-corrected chi connectivity index (χ0v) is 81.5. The summed E-state index contributed by atoms with van der Waals surface area (Å²) >= 11 is 6.13. The number of hydrogen-bond acceptors (Lipinski definition) is 29. The molecule has 43 heteroatoms. The second-order valence-corrected chi connectivity index (χ2v) is 37.8. The Balaban J connectivity index is 0.000000159. The number of sulfonamides is 1.